The molecule has 1 N–H and O–H groups in total. The van der Waals surface area contributed by atoms with Gasteiger partial charge in [-0.15, -0.1) is 0 Å². The molecule has 1 aliphatic heterocycles. The van der Waals surface area contributed by atoms with Gasteiger partial charge >= 0.3 is 0 Å². The largest absolute Gasteiger partial charge is 0.337 e. The van der Waals surface area contributed by atoms with E-state index in [9.17, 15) is 9.18 Å². The van der Waals surface area contributed by atoms with Gasteiger partial charge in [-0.3, -0.25) is 15.1 Å². The van der Waals surface area contributed by atoms with Crippen LogP contribution in [0.2, 0.25) is 0 Å². The maximum atomic E-state index is 13.2. The molecule has 0 aliphatic carbocycles. The number of rotatable bonds is 5. The summed E-state index contributed by atoms with van der Waals surface area (Å²) in [5, 5.41) is 3.82. The Morgan fingerprint density at radius 2 is 1.83 bits per heavy atom. The molecule has 3 aromatic rings. The second-order valence-corrected chi connectivity index (χ2v) is 6.66. The summed E-state index contributed by atoms with van der Waals surface area (Å²) in [6, 6.07) is 13.0. The third kappa shape index (κ3) is 3.88. The van der Waals surface area contributed by atoms with Crippen molar-refractivity contribution in [3.05, 3.63) is 83.5 Å². The molecule has 1 amide bonds. The predicted molar refractivity (Wildman–Crippen MR) is 103 cm³/mol. The highest BCUT2D eigenvalue weighted by Crippen LogP contribution is 2.34. The number of aromatic nitrogens is 2. The van der Waals surface area contributed by atoms with Gasteiger partial charge in [0.05, 0.1) is 12.8 Å². The zero-order chi connectivity index (χ0) is 20.4. The lowest BCUT2D eigenvalue weighted by Crippen LogP contribution is -2.27. The SMILES string of the molecule is CONC1=CN(C(=O)c2ccc(-c3ccc(F)cc3)cc2)C(c2nc(C)no2)C1. The second-order valence-electron chi connectivity index (χ2n) is 6.66. The summed E-state index contributed by atoms with van der Waals surface area (Å²) in [6.45, 7) is 1.73. The van der Waals surface area contributed by atoms with Gasteiger partial charge in [0.15, 0.2) is 5.82 Å². The van der Waals surface area contributed by atoms with Gasteiger partial charge in [0.25, 0.3) is 5.91 Å². The second kappa shape index (κ2) is 7.84. The summed E-state index contributed by atoms with van der Waals surface area (Å²) in [5.41, 5.74) is 5.77. The maximum Gasteiger partial charge on any atom is 0.258 e. The summed E-state index contributed by atoms with van der Waals surface area (Å²) in [6.07, 6.45) is 2.15. The minimum atomic E-state index is -0.418. The quantitative estimate of drug-likeness (QED) is 0.664. The number of amides is 1. The number of carbonyl (C=O) groups excluding carboxylic acids is 1. The minimum Gasteiger partial charge on any atom is -0.337 e. The van der Waals surface area contributed by atoms with E-state index in [4.69, 9.17) is 9.36 Å². The molecule has 1 atom stereocenters. The number of nitrogens with one attached hydrogen (secondary N) is 1. The van der Waals surface area contributed by atoms with Crippen molar-refractivity contribution in [3.8, 4) is 11.1 Å². The summed E-state index contributed by atoms with van der Waals surface area (Å²) in [4.78, 5) is 24.0. The van der Waals surface area contributed by atoms with Gasteiger partial charge < -0.3 is 9.42 Å². The first kappa shape index (κ1) is 18.8. The van der Waals surface area contributed by atoms with Crippen LogP contribution in [0.4, 0.5) is 4.39 Å². The van der Waals surface area contributed by atoms with Crippen LogP contribution in [-0.2, 0) is 4.84 Å². The van der Waals surface area contributed by atoms with Gasteiger partial charge in [0.1, 0.15) is 11.9 Å². The van der Waals surface area contributed by atoms with Crippen molar-refractivity contribution >= 4 is 5.91 Å². The van der Waals surface area contributed by atoms with E-state index in [1.807, 2.05) is 12.1 Å². The molecule has 29 heavy (non-hydrogen) atoms. The Kier molecular flexibility index (Phi) is 5.09. The van der Waals surface area contributed by atoms with Crippen LogP contribution >= 0.6 is 0 Å². The van der Waals surface area contributed by atoms with Crippen LogP contribution < -0.4 is 5.48 Å². The Bertz CT molecular complexity index is 1040. The molecule has 1 aliphatic rings. The Morgan fingerprint density at radius 1 is 1.17 bits per heavy atom. The monoisotopic (exact) mass is 394 g/mol. The maximum absolute atomic E-state index is 13.2. The molecule has 1 unspecified atom stereocenters. The topological polar surface area (TPSA) is 80.5 Å². The summed E-state index contributed by atoms with van der Waals surface area (Å²) in [5.74, 6) is 0.376. The molecule has 7 nitrogen and oxygen atoms in total. The number of benzene rings is 2. The van der Waals surface area contributed by atoms with Crippen molar-refractivity contribution < 1.29 is 18.5 Å². The van der Waals surface area contributed by atoms with Gasteiger partial charge in [0, 0.05) is 18.2 Å². The minimum absolute atomic E-state index is 0.204. The number of halogens is 1. The van der Waals surface area contributed by atoms with E-state index in [1.165, 1.54) is 19.2 Å². The molecular weight excluding hydrogens is 375 g/mol. The average Bonchev–Trinajstić information content (AvgIpc) is 3.35. The van der Waals surface area contributed by atoms with E-state index in [0.29, 0.717) is 23.7 Å². The van der Waals surface area contributed by atoms with Gasteiger partial charge in [-0.05, 0) is 42.3 Å². The van der Waals surface area contributed by atoms with Crippen LogP contribution in [0.3, 0.4) is 0 Å². The molecule has 148 valence electrons. The van der Waals surface area contributed by atoms with Crippen LogP contribution in [0, 0.1) is 12.7 Å². The molecule has 2 aromatic carbocycles. The molecule has 0 bridgehead atoms. The van der Waals surface area contributed by atoms with E-state index in [2.05, 4.69) is 15.6 Å². The number of hydroxylamine groups is 1. The van der Waals surface area contributed by atoms with Gasteiger partial charge in [-0.25, -0.2) is 4.39 Å². The standard InChI is InChI=1S/C21H19FN4O3/c1-13-23-20(29-24-13)19-11-18(25-28-2)12-26(19)21(27)16-5-3-14(4-6-16)15-7-9-17(22)10-8-15/h3-10,12,19,25H,11H2,1-2H3. The number of carbonyl (C=O) groups is 1. The van der Waals surface area contributed by atoms with E-state index >= 15 is 0 Å². The molecule has 0 fully saturated rings. The fraction of sp³-hybridized carbons (Fsp3) is 0.190. The molecule has 2 heterocycles. The zero-order valence-electron chi connectivity index (χ0n) is 15.9. The molecule has 0 saturated carbocycles. The smallest absolute Gasteiger partial charge is 0.258 e. The van der Waals surface area contributed by atoms with Crippen molar-refractivity contribution in [2.24, 2.45) is 0 Å². The van der Waals surface area contributed by atoms with Gasteiger partial charge in [-0.2, -0.15) is 4.98 Å². The molecule has 1 aromatic heterocycles. The molecular formula is C21H19FN4O3. The first-order chi connectivity index (χ1) is 14.0. The van der Waals surface area contributed by atoms with Crippen LogP contribution in [-0.4, -0.2) is 28.1 Å². The zero-order valence-corrected chi connectivity index (χ0v) is 15.9. The highest BCUT2D eigenvalue weighted by Gasteiger charge is 2.35. The third-order valence-corrected chi connectivity index (χ3v) is 4.65. The fourth-order valence-electron chi connectivity index (χ4n) is 3.27. The van der Waals surface area contributed by atoms with Crippen LogP contribution in [0.5, 0.6) is 0 Å². The van der Waals surface area contributed by atoms with Crippen LogP contribution in [0.25, 0.3) is 11.1 Å². The van der Waals surface area contributed by atoms with Crippen molar-refractivity contribution in [3.63, 3.8) is 0 Å². The van der Waals surface area contributed by atoms with Gasteiger partial charge in [-0.1, -0.05) is 29.4 Å². The highest BCUT2D eigenvalue weighted by atomic mass is 19.1. The van der Waals surface area contributed by atoms with Crippen molar-refractivity contribution in [1.29, 1.82) is 0 Å². The van der Waals surface area contributed by atoms with E-state index in [-0.39, 0.29) is 11.7 Å². The van der Waals surface area contributed by atoms with Crippen LogP contribution in [0.1, 0.15) is 34.5 Å². The summed E-state index contributed by atoms with van der Waals surface area (Å²) < 4.78 is 18.4. The lowest BCUT2D eigenvalue weighted by atomic mass is 10.0. The lowest BCUT2D eigenvalue weighted by molar-refractivity contribution is 0.0760. The third-order valence-electron chi connectivity index (χ3n) is 4.65. The average molecular weight is 394 g/mol. The van der Waals surface area contributed by atoms with E-state index < -0.39 is 6.04 Å². The predicted octanol–water partition coefficient (Wildman–Crippen LogP) is 3.76. The van der Waals surface area contributed by atoms with Crippen LogP contribution in [0.15, 0.2) is 65.0 Å². The van der Waals surface area contributed by atoms with Crippen molar-refractivity contribution in [2.75, 3.05) is 7.11 Å². The first-order valence-electron chi connectivity index (χ1n) is 9.03. The summed E-state index contributed by atoms with van der Waals surface area (Å²) in [7, 11) is 1.51. The first-order valence-corrected chi connectivity index (χ1v) is 9.03. The number of aryl methyl sites for hydroxylation is 1. The normalized spacial score (nSPS) is 16.0. The number of hydrogen-bond acceptors (Lipinski definition) is 6. The molecule has 0 radical (unpaired) electrons. The van der Waals surface area contributed by atoms with Crippen molar-refractivity contribution in [1.82, 2.24) is 20.5 Å². The number of nitrogens with zero attached hydrogens (tertiary/aromatic N) is 3. The van der Waals surface area contributed by atoms with E-state index in [1.54, 1.807) is 42.3 Å². The molecule has 8 heteroatoms. The van der Waals surface area contributed by atoms with Gasteiger partial charge in [0.2, 0.25) is 5.89 Å². The highest BCUT2D eigenvalue weighted by molar-refractivity contribution is 5.96. The Balaban J connectivity index is 1.59. The summed E-state index contributed by atoms with van der Waals surface area (Å²) >= 11 is 0. The lowest BCUT2D eigenvalue weighted by Gasteiger charge is -2.20. The molecule has 0 saturated heterocycles. The Labute approximate surface area is 166 Å². The van der Waals surface area contributed by atoms with Crippen molar-refractivity contribution in [2.45, 2.75) is 19.4 Å². The number of hydrogen-bond donors (Lipinski definition) is 1. The fourth-order valence-corrected chi connectivity index (χ4v) is 3.27. The van der Waals surface area contributed by atoms with E-state index in [0.717, 1.165) is 16.8 Å². The Morgan fingerprint density at radius 3 is 2.41 bits per heavy atom. The Hall–Kier alpha value is -3.52. The molecule has 4 rings (SSSR count). The molecule has 0 spiro atoms.